The Morgan fingerprint density at radius 2 is 2.08 bits per heavy atom. The second kappa shape index (κ2) is 7.64. The molecule has 0 spiro atoms. The van der Waals surface area contributed by atoms with E-state index < -0.39 is 0 Å². The van der Waals surface area contributed by atoms with Gasteiger partial charge in [-0.2, -0.15) is 4.98 Å². The number of methoxy groups -OCH3 is 2. The Kier molecular flexibility index (Phi) is 5.12. The van der Waals surface area contributed by atoms with Crippen LogP contribution in [0.25, 0.3) is 11.3 Å². The third-order valence-electron chi connectivity index (χ3n) is 3.72. The Bertz CT molecular complexity index is 895. The Labute approximate surface area is 150 Å². The van der Waals surface area contributed by atoms with Crippen LogP contribution in [-0.2, 0) is 6.54 Å². The van der Waals surface area contributed by atoms with E-state index in [1.54, 1.807) is 37.6 Å². The summed E-state index contributed by atoms with van der Waals surface area (Å²) in [5.74, 6) is 0.878. The van der Waals surface area contributed by atoms with E-state index in [1.165, 1.54) is 19.1 Å². The molecule has 0 aliphatic heterocycles. The second-order valence-electron chi connectivity index (χ2n) is 5.49. The van der Waals surface area contributed by atoms with E-state index in [4.69, 9.17) is 14.0 Å². The van der Waals surface area contributed by atoms with Gasteiger partial charge in [0.2, 0.25) is 11.8 Å². The van der Waals surface area contributed by atoms with Crippen molar-refractivity contribution >= 4 is 5.91 Å². The Hall–Kier alpha value is -3.42. The first-order valence-corrected chi connectivity index (χ1v) is 7.83. The molecule has 0 atom stereocenters. The number of aromatic nitrogens is 3. The molecule has 0 aromatic carbocycles. The van der Waals surface area contributed by atoms with Crippen molar-refractivity contribution in [2.75, 3.05) is 21.3 Å². The molecular weight excluding hydrogens is 336 g/mol. The number of pyridine rings is 2. The highest BCUT2D eigenvalue weighted by atomic mass is 16.5. The van der Waals surface area contributed by atoms with Crippen LogP contribution in [0, 0.1) is 0 Å². The van der Waals surface area contributed by atoms with Gasteiger partial charge in [-0.05, 0) is 18.2 Å². The molecule has 0 saturated heterocycles. The standard InChI is InChI=1S/C18H18N4O4/c1-22(18(23)14-6-7-16(24-2)20-17(14)25-3)11-13-9-15(21-26-13)12-5-4-8-19-10-12/h4-10H,11H2,1-3H3. The van der Waals surface area contributed by atoms with E-state index in [2.05, 4.69) is 15.1 Å². The molecule has 0 N–H and O–H groups in total. The monoisotopic (exact) mass is 354 g/mol. The molecule has 0 aliphatic rings. The van der Waals surface area contributed by atoms with Crippen LogP contribution in [0.1, 0.15) is 16.1 Å². The number of nitrogens with zero attached hydrogens (tertiary/aromatic N) is 4. The van der Waals surface area contributed by atoms with Gasteiger partial charge in [0.1, 0.15) is 11.3 Å². The van der Waals surface area contributed by atoms with Gasteiger partial charge < -0.3 is 18.9 Å². The van der Waals surface area contributed by atoms with Crippen molar-refractivity contribution in [2.45, 2.75) is 6.54 Å². The molecule has 8 nitrogen and oxygen atoms in total. The molecule has 1 amide bonds. The van der Waals surface area contributed by atoms with Crippen LogP contribution in [0.5, 0.6) is 11.8 Å². The number of carbonyl (C=O) groups is 1. The van der Waals surface area contributed by atoms with Gasteiger partial charge in [0.15, 0.2) is 5.76 Å². The largest absolute Gasteiger partial charge is 0.481 e. The average molecular weight is 354 g/mol. The number of hydrogen-bond acceptors (Lipinski definition) is 7. The van der Waals surface area contributed by atoms with Gasteiger partial charge in [0.05, 0.1) is 20.8 Å². The van der Waals surface area contributed by atoms with Crippen molar-refractivity contribution in [1.82, 2.24) is 20.0 Å². The summed E-state index contributed by atoms with van der Waals surface area (Å²) in [6.45, 7) is 0.251. The molecule has 3 aromatic heterocycles. The average Bonchev–Trinajstić information content (AvgIpc) is 3.16. The molecule has 0 unspecified atom stereocenters. The highest BCUT2D eigenvalue weighted by Gasteiger charge is 2.20. The lowest BCUT2D eigenvalue weighted by atomic mass is 10.2. The van der Waals surface area contributed by atoms with Crippen molar-refractivity contribution in [2.24, 2.45) is 0 Å². The van der Waals surface area contributed by atoms with Crippen molar-refractivity contribution in [3.05, 3.63) is 54.0 Å². The summed E-state index contributed by atoms with van der Waals surface area (Å²) in [5, 5.41) is 4.02. The number of amides is 1. The minimum Gasteiger partial charge on any atom is -0.481 e. The summed E-state index contributed by atoms with van der Waals surface area (Å²) in [6, 6.07) is 8.72. The van der Waals surface area contributed by atoms with Crippen LogP contribution in [0.2, 0.25) is 0 Å². The SMILES string of the molecule is COc1ccc(C(=O)N(C)Cc2cc(-c3cccnc3)no2)c(OC)n1. The molecule has 0 fully saturated rings. The molecule has 0 radical (unpaired) electrons. The molecule has 3 aromatic rings. The van der Waals surface area contributed by atoms with Crippen molar-refractivity contribution in [1.29, 1.82) is 0 Å². The first-order chi connectivity index (χ1) is 12.6. The van der Waals surface area contributed by atoms with Gasteiger partial charge in [-0.25, -0.2) is 0 Å². The zero-order chi connectivity index (χ0) is 18.5. The first kappa shape index (κ1) is 17.4. The fourth-order valence-electron chi connectivity index (χ4n) is 2.40. The Balaban J connectivity index is 1.75. The summed E-state index contributed by atoms with van der Waals surface area (Å²) in [5.41, 5.74) is 1.85. The first-order valence-electron chi connectivity index (χ1n) is 7.83. The summed E-state index contributed by atoms with van der Waals surface area (Å²) in [6.07, 6.45) is 3.39. The molecule has 0 aliphatic carbocycles. The maximum atomic E-state index is 12.7. The summed E-state index contributed by atoms with van der Waals surface area (Å²) < 4.78 is 15.6. The normalized spacial score (nSPS) is 10.4. The lowest BCUT2D eigenvalue weighted by Crippen LogP contribution is -2.26. The topological polar surface area (TPSA) is 90.6 Å². The minimum atomic E-state index is -0.253. The zero-order valence-corrected chi connectivity index (χ0v) is 14.7. The predicted molar refractivity (Wildman–Crippen MR) is 92.9 cm³/mol. The van der Waals surface area contributed by atoms with E-state index in [-0.39, 0.29) is 18.3 Å². The smallest absolute Gasteiger partial charge is 0.259 e. The fraction of sp³-hybridized carbons (Fsp3) is 0.222. The summed E-state index contributed by atoms with van der Waals surface area (Å²) in [4.78, 5) is 22.4. The zero-order valence-electron chi connectivity index (χ0n) is 14.7. The molecule has 0 saturated carbocycles. The number of carbonyl (C=O) groups excluding carboxylic acids is 1. The van der Waals surface area contributed by atoms with Gasteiger partial charge in [-0.3, -0.25) is 9.78 Å². The maximum Gasteiger partial charge on any atom is 0.259 e. The van der Waals surface area contributed by atoms with Crippen molar-refractivity contribution < 1.29 is 18.8 Å². The molecule has 134 valence electrons. The molecule has 8 heteroatoms. The third kappa shape index (κ3) is 3.64. The van der Waals surface area contributed by atoms with E-state index in [0.717, 1.165) is 5.56 Å². The van der Waals surface area contributed by atoms with Gasteiger partial charge in [-0.1, -0.05) is 5.16 Å². The van der Waals surface area contributed by atoms with Gasteiger partial charge in [0, 0.05) is 37.1 Å². The summed E-state index contributed by atoms with van der Waals surface area (Å²) in [7, 11) is 4.62. The molecule has 0 bridgehead atoms. The molecule has 3 heterocycles. The fourth-order valence-corrected chi connectivity index (χ4v) is 2.40. The predicted octanol–water partition coefficient (Wildman–Crippen LogP) is 2.42. The molecule has 3 rings (SSSR count). The van der Waals surface area contributed by atoms with Gasteiger partial charge >= 0.3 is 0 Å². The van der Waals surface area contributed by atoms with Gasteiger partial charge in [0.25, 0.3) is 5.91 Å². The van der Waals surface area contributed by atoms with Crippen LogP contribution in [-0.4, -0.2) is 47.2 Å². The highest BCUT2D eigenvalue weighted by molar-refractivity contribution is 5.96. The summed E-state index contributed by atoms with van der Waals surface area (Å²) >= 11 is 0. The molecule has 26 heavy (non-hydrogen) atoms. The lowest BCUT2D eigenvalue weighted by molar-refractivity contribution is 0.0768. The van der Waals surface area contributed by atoms with E-state index in [1.807, 2.05) is 12.1 Å². The second-order valence-corrected chi connectivity index (χ2v) is 5.49. The van der Waals surface area contributed by atoms with Crippen LogP contribution in [0.4, 0.5) is 0 Å². The Morgan fingerprint density at radius 1 is 1.23 bits per heavy atom. The lowest BCUT2D eigenvalue weighted by Gasteiger charge is -2.17. The van der Waals surface area contributed by atoms with Crippen LogP contribution in [0.3, 0.4) is 0 Å². The van der Waals surface area contributed by atoms with Crippen LogP contribution >= 0.6 is 0 Å². The highest BCUT2D eigenvalue weighted by Crippen LogP contribution is 2.23. The maximum absolute atomic E-state index is 12.7. The van der Waals surface area contributed by atoms with Crippen molar-refractivity contribution in [3.8, 4) is 23.0 Å². The Morgan fingerprint density at radius 3 is 2.77 bits per heavy atom. The number of rotatable bonds is 6. The van der Waals surface area contributed by atoms with Crippen molar-refractivity contribution in [3.63, 3.8) is 0 Å². The van der Waals surface area contributed by atoms with E-state index in [0.29, 0.717) is 22.9 Å². The van der Waals surface area contributed by atoms with E-state index in [9.17, 15) is 4.79 Å². The van der Waals surface area contributed by atoms with Crippen LogP contribution in [0.15, 0.2) is 47.2 Å². The van der Waals surface area contributed by atoms with Gasteiger partial charge in [-0.15, -0.1) is 0 Å². The number of ether oxygens (including phenoxy) is 2. The molecular formula is C18H18N4O4. The van der Waals surface area contributed by atoms with Crippen LogP contribution < -0.4 is 9.47 Å². The minimum absolute atomic E-state index is 0.204. The quantitative estimate of drug-likeness (QED) is 0.671. The number of hydrogen-bond donors (Lipinski definition) is 0. The third-order valence-corrected chi connectivity index (χ3v) is 3.72. The van der Waals surface area contributed by atoms with E-state index >= 15 is 0 Å².